The first-order valence-electron chi connectivity index (χ1n) is 9.73. The van der Waals surface area contributed by atoms with Crippen LogP contribution < -0.4 is 10.1 Å². The molecule has 2 heterocycles. The maximum atomic E-state index is 12.7. The van der Waals surface area contributed by atoms with Crippen molar-refractivity contribution < 1.29 is 9.13 Å². The Morgan fingerprint density at radius 2 is 1.89 bits per heavy atom. The lowest BCUT2D eigenvalue weighted by Crippen LogP contribution is -2.43. The summed E-state index contributed by atoms with van der Waals surface area (Å²) in [5.74, 6) is 1.61. The number of nitrogens with one attached hydrogen (secondary N) is 1. The van der Waals surface area contributed by atoms with E-state index in [-0.39, 0.29) is 12.7 Å². The highest BCUT2D eigenvalue weighted by Crippen LogP contribution is 2.31. The fourth-order valence-corrected chi connectivity index (χ4v) is 3.86. The first-order valence-corrected chi connectivity index (χ1v) is 9.73. The van der Waals surface area contributed by atoms with Crippen LogP contribution in [0.2, 0.25) is 0 Å². The van der Waals surface area contributed by atoms with Crippen molar-refractivity contribution in [1.82, 2.24) is 15.1 Å². The maximum Gasteiger partial charge on any atom is 0.156 e. The summed E-state index contributed by atoms with van der Waals surface area (Å²) in [7, 11) is 1.66. The predicted octanol–water partition coefficient (Wildman–Crippen LogP) is 4.15. The van der Waals surface area contributed by atoms with Crippen molar-refractivity contribution in [3.05, 3.63) is 48.5 Å². The Bertz CT molecular complexity index is 929. The Balaban J connectivity index is 1.64. The normalized spacial score (nSPS) is 17.6. The summed E-state index contributed by atoms with van der Waals surface area (Å²) < 4.78 is 17.9. The fraction of sp³-hybridized carbons (Fsp3) is 0.364. The third-order valence-electron chi connectivity index (χ3n) is 5.30. The van der Waals surface area contributed by atoms with Crippen LogP contribution in [0.15, 0.2) is 48.5 Å². The van der Waals surface area contributed by atoms with Gasteiger partial charge in [0, 0.05) is 35.5 Å². The molecule has 28 heavy (non-hydrogen) atoms. The molecular formula is C22H25FN4O. The monoisotopic (exact) mass is 380 g/mol. The zero-order valence-corrected chi connectivity index (χ0v) is 16.1. The van der Waals surface area contributed by atoms with Crippen molar-refractivity contribution in [2.24, 2.45) is 0 Å². The lowest BCUT2D eigenvalue weighted by Gasteiger charge is -2.32. The van der Waals surface area contributed by atoms with Crippen molar-refractivity contribution in [2.75, 3.05) is 38.7 Å². The average molecular weight is 380 g/mol. The van der Waals surface area contributed by atoms with E-state index in [0.717, 1.165) is 59.5 Å². The van der Waals surface area contributed by atoms with Crippen LogP contribution in [0.25, 0.3) is 22.0 Å². The number of aromatic nitrogens is 2. The van der Waals surface area contributed by atoms with Crippen LogP contribution in [-0.2, 0) is 0 Å². The Labute approximate surface area is 164 Å². The third-order valence-corrected chi connectivity index (χ3v) is 5.30. The third kappa shape index (κ3) is 3.92. The topological polar surface area (TPSA) is 50.3 Å². The molecule has 0 unspecified atom stereocenters. The number of anilines is 1. The van der Waals surface area contributed by atoms with Gasteiger partial charge in [-0.1, -0.05) is 24.3 Å². The van der Waals surface area contributed by atoms with Crippen LogP contribution in [0.3, 0.4) is 0 Å². The molecule has 0 amide bonds. The lowest BCUT2D eigenvalue weighted by atomic mass is 10.0. The zero-order valence-electron chi connectivity index (χ0n) is 16.1. The Kier molecular flexibility index (Phi) is 5.67. The number of nitrogens with zero attached hydrogens (tertiary/aromatic N) is 3. The second kappa shape index (κ2) is 8.52. The highest BCUT2D eigenvalue weighted by atomic mass is 19.1. The summed E-state index contributed by atoms with van der Waals surface area (Å²) in [6.07, 6.45) is 2.12. The molecule has 1 atom stereocenters. The van der Waals surface area contributed by atoms with Crippen molar-refractivity contribution in [1.29, 1.82) is 0 Å². The van der Waals surface area contributed by atoms with Crippen molar-refractivity contribution in [3.8, 4) is 17.0 Å². The molecule has 3 aromatic rings. The predicted molar refractivity (Wildman–Crippen MR) is 111 cm³/mol. The van der Waals surface area contributed by atoms with Crippen LogP contribution in [0.4, 0.5) is 10.2 Å². The number of piperidine rings is 1. The van der Waals surface area contributed by atoms with Gasteiger partial charge >= 0.3 is 0 Å². The minimum atomic E-state index is -0.300. The van der Waals surface area contributed by atoms with Gasteiger partial charge in [-0.25, -0.2) is 4.39 Å². The molecule has 2 aromatic carbocycles. The highest BCUT2D eigenvalue weighted by Gasteiger charge is 2.21. The number of hydrogen-bond acceptors (Lipinski definition) is 5. The quantitative estimate of drug-likeness (QED) is 0.696. The average Bonchev–Trinajstić information content (AvgIpc) is 2.75. The molecule has 0 spiro atoms. The second-order valence-corrected chi connectivity index (χ2v) is 7.14. The number of ether oxygens (including phenoxy) is 1. The largest absolute Gasteiger partial charge is 0.497 e. The molecule has 0 saturated carbocycles. The van der Waals surface area contributed by atoms with Gasteiger partial charge in [-0.05, 0) is 43.7 Å². The number of halogens is 1. The standard InChI is InChI=1S/C22H25FN4O/c1-28-18-10-8-16(9-11-18)21-19-6-2-3-7-20(19)22(26-25-21)24-17-5-4-13-27(15-17)14-12-23/h2-3,6-11,17H,4-5,12-15H2,1H3,(H,24,26)/t17-/m1/s1. The summed E-state index contributed by atoms with van der Waals surface area (Å²) >= 11 is 0. The fourth-order valence-electron chi connectivity index (χ4n) is 3.86. The van der Waals surface area contributed by atoms with E-state index in [2.05, 4.69) is 32.5 Å². The van der Waals surface area contributed by atoms with E-state index in [4.69, 9.17) is 4.74 Å². The molecule has 146 valence electrons. The number of fused-ring (bicyclic) bond motifs is 1. The van der Waals surface area contributed by atoms with E-state index in [1.165, 1.54) is 0 Å². The molecular weight excluding hydrogens is 355 g/mol. The molecule has 1 saturated heterocycles. The van der Waals surface area contributed by atoms with Gasteiger partial charge in [-0.15, -0.1) is 10.2 Å². The summed E-state index contributed by atoms with van der Waals surface area (Å²) in [6, 6.07) is 16.3. The van der Waals surface area contributed by atoms with Crippen molar-refractivity contribution in [2.45, 2.75) is 18.9 Å². The Morgan fingerprint density at radius 3 is 2.64 bits per heavy atom. The lowest BCUT2D eigenvalue weighted by molar-refractivity contribution is 0.200. The number of alkyl halides is 1. The van der Waals surface area contributed by atoms with Crippen molar-refractivity contribution in [3.63, 3.8) is 0 Å². The summed E-state index contributed by atoms with van der Waals surface area (Å²) in [5.41, 5.74) is 1.86. The number of benzene rings is 2. The van der Waals surface area contributed by atoms with Crippen molar-refractivity contribution >= 4 is 16.6 Å². The molecule has 1 aliphatic heterocycles. The van der Waals surface area contributed by atoms with Crippen LogP contribution in [0, 0.1) is 0 Å². The van der Waals surface area contributed by atoms with Gasteiger partial charge in [0.25, 0.3) is 0 Å². The molecule has 1 N–H and O–H groups in total. The molecule has 1 fully saturated rings. The van der Waals surface area contributed by atoms with Crippen LogP contribution in [-0.4, -0.2) is 54.6 Å². The maximum absolute atomic E-state index is 12.7. The number of methoxy groups -OCH3 is 1. The molecule has 0 aliphatic carbocycles. The zero-order chi connectivity index (χ0) is 19.3. The summed E-state index contributed by atoms with van der Waals surface area (Å²) in [4.78, 5) is 2.17. The molecule has 6 heteroatoms. The molecule has 5 nitrogen and oxygen atoms in total. The minimum absolute atomic E-state index is 0.254. The second-order valence-electron chi connectivity index (χ2n) is 7.14. The van der Waals surface area contributed by atoms with Gasteiger partial charge in [-0.3, -0.25) is 4.90 Å². The van der Waals surface area contributed by atoms with Gasteiger partial charge in [-0.2, -0.15) is 0 Å². The molecule has 1 aliphatic rings. The highest BCUT2D eigenvalue weighted by molar-refractivity contribution is 6.00. The van der Waals surface area contributed by atoms with E-state index >= 15 is 0 Å². The molecule has 4 rings (SSSR count). The number of likely N-dealkylation sites (tertiary alicyclic amines) is 1. The van der Waals surface area contributed by atoms with E-state index in [1.54, 1.807) is 7.11 Å². The molecule has 0 bridgehead atoms. The van der Waals surface area contributed by atoms with Gasteiger partial charge in [0.2, 0.25) is 0 Å². The smallest absolute Gasteiger partial charge is 0.156 e. The Morgan fingerprint density at radius 1 is 1.11 bits per heavy atom. The van der Waals surface area contributed by atoms with E-state index in [1.807, 2.05) is 36.4 Å². The summed E-state index contributed by atoms with van der Waals surface area (Å²) in [5, 5.41) is 14.7. The number of rotatable bonds is 6. The first kappa shape index (κ1) is 18.6. The molecule has 1 aromatic heterocycles. The first-order chi connectivity index (χ1) is 13.8. The minimum Gasteiger partial charge on any atom is -0.497 e. The van der Waals surface area contributed by atoms with Crippen LogP contribution >= 0.6 is 0 Å². The van der Waals surface area contributed by atoms with E-state index in [9.17, 15) is 4.39 Å². The molecule has 0 radical (unpaired) electrons. The van der Waals surface area contributed by atoms with Crippen LogP contribution in [0.1, 0.15) is 12.8 Å². The SMILES string of the molecule is COc1ccc(-c2nnc(N[C@@H]3CCCN(CCF)C3)c3ccccc23)cc1. The van der Waals surface area contributed by atoms with Gasteiger partial charge < -0.3 is 10.1 Å². The van der Waals surface area contributed by atoms with E-state index < -0.39 is 0 Å². The van der Waals surface area contributed by atoms with Gasteiger partial charge in [0.15, 0.2) is 5.82 Å². The van der Waals surface area contributed by atoms with Gasteiger partial charge in [0.05, 0.1) is 7.11 Å². The number of hydrogen-bond donors (Lipinski definition) is 1. The summed E-state index contributed by atoms with van der Waals surface area (Å²) in [6.45, 7) is 2.00. The van der Waals surface area contributed by atoms with Crippen LogP contribution in [0.5, 0.6) is 5.75 Å². The Hall–Kier alpha value is -2.73. The van der Waals surface area contributed by atoms with E-state index in [0.29, 0.717) is 6.54 Å². The van der Waals surface area contributed by atoms with Gasteiger partial charge in [0.1, 0.15) is 18.1 Å².